The van der Waals surface area contributed by atoms with E-state index >= 15 is 0 Å². The lowest BCUT2D eigenvalue weighted by atomic mass is 9.75. The maximum absolute atomic E-state index is 14.7. The second kappa shape index (κ2) is 31.3. The molecule has 0 saturated heterocycles. The molecule has 6 N–H and O–H groups in total. The van der Waals surface area contributed by atoms with E-state index in [9.17, 15) is 45.0 Å². The zero-order chi connectivity index (χ0) is 87.5. The van der Waals surface area contributed by atoms with Crippen molar-refractivity contribution in [3.05, 3.63) is 238 Å². The molecule has 0 saturated carbocycles. The molecule has 12 nitrogen and oxygen atoms in total. The lowest BCUT2D eigenvalue weighted by Crippen LogP contribution is -2.55. The third kappa shape index (κ3) is 20.4. The summed E-state index contributed by atoms with van der Waals surface area (Å²) in [5, 5.41) is 69.3. The summed E-state index contributed by atoms with van der Waals surface area (Å²) in [7, 11) is 0. The Morgan fingerprint density at radius 1 is 0.202 bits per heavy atom. The molecule has 8 aromatic rings. The molecule has 114 heavy (non-hydrogen) atoms. The van der Waals surface area contributed by atoms with Gasteiger partial charge in [-0.25, -0.2) is 28.1 Å². The molecule has 1 aromatic heterocycles. The smallest absolute Gasteiger partial charge is 0.336 e. The van der Waals surface area contributed by atoms with Crippen LogP contribution in [0.15, 0.2) is 87.2 Å². The van der Waals surface area contributed by atoms with E-state index < -0.39 is 49.6 Å². The minimum Gasteiger partial charge on any atom is -0.507 e. The Morgan fingerprint density at radius 2 is 0.307 bits per heavy atom. The van der Waals surface area contributed by atoms with Crippen molar-refractivity contribution in [3.8, 4) is 34.5 Å². The molecule has 0 spiro atoms. The number of aromatic nitrogens is 3. The molecule has 0 bridgehead atoms. The largest absolute Gasteiger partial charge is 0.507 e. The van der Waals surface area contributed by atoms with Crippen molar-refractivity contribution >= 4 is 0 Å². The van der Waals surface area contributed by atoms with Crippen molar-refractivity contribution in [2.75, 3.05) is 0 Å². The summed E-state index contributed by atoms with van der Waals surface area (Å²) < 4.78 is 3.33. The number of phenols is 6. The van der Waals surface area contributed by atoms with Gasteiger partial charge in [0.15, 0.2) is 0 Å². The van der Waals surface area contributed by atoms with E-state index in [0.717, 1.165) is 66.3 Å². The van der Waals surface area contributed by atoms with Gasteiger partial charge in [-0.15, -0.1) is 0 Å². The van der Waals surface area contributed by atoms with Crippen LogP contribution in [0, 0.1) is 20.8 Å². The molecule has 0 aliphatic rings. The Hall–Kier alpha value is -8.25. The van der Waals surface area contributed by atoms with Gasteiger partial charge in [-0.1, -0.05) is 286 Å². The van der Waals surface area contributed by atoms with Gasteiger partial charge in [0.2, 0.25) is 0 Å². The van der Waals surface area contributed by atoms with E-state index in [2.05, 4.69) is 182 Å². The highest BCUT2D eigenvalue weighted by Gasteiger charge is 2.36. The van der Waals surface area contributed by atoms with Gasteiger partial charge < -0.3 is 30.6 Å². The van der Waals surface area contributed by atoms with Crippen LogP contribution in [0.3, 0.4) is 0 Å². The SMILES string of the molecule is CC(C)(C)c1cc(Cn2c(=O)n(Cc3cc(C(C)(C)C)c(O)c(C(C)(C)C)c3)c(=O)n(Cc3cc(C(C)(C)C)c(O)c(C(C)(C)C)c3)c2=O)cc(C(C)(C)C)c1O.Cc1c(Cc2cc(C(C)(C)C)c(O)c(C(C)(C)C)c2)c(C)c(Cc2cc(C(C)(C)C)c(O)c(C(C)(C)C)c2)c(C)c1Cc1cc(C(C)(C)C)c(O)c(C(C)(C)C)c1. The lowest BCUT2D eigenvalue weighted by Gasteiger charge is -2.30. The van der Waals surface area contributed by atoms with E-state index in [4.69, 9.17) is 0 Å². The van der Waals surface area contributed by atoms with Gasteiger partial charge in [0.25, 0.3) is 0 Å². The third-order valence-electron chi connectivity index (χ3n) is 23.0. The van der Waals surface area contributed by atoms with Gasteiger partial charge in [-0.3, -0.25) is 0 Å². The van der Waals surface area contributed by atoms with Crippen LogP contribution >= 0.6 is 0 Å². The van der Waals surface area contributed by atoms with E-state index in [1.54, 1.807) is 0 Å². The van der Waals surface area contributed by atoms with Crippen molar-refractivity contribution in [2.24, 2.45) is 0 Å². The lowest BCUT2D eigenvalue weighted by molar-refractivity contribution is 0.420. The predicted octanol–water partition coefficient (Wildman–Crippen LogP) is 23.5. The Morgan fingerprint density at radius 3 is 0.412 bits per heavy atom. The van der Waals surface area contributed by atoms with Crippen molar-refractivity contribution in [1.82, 2.24) is 13.7 Å². The third-order valence-corrected chi connectivity index (χ3v) is 23.0. The molecule has 0 fully saturated rings. The van der Waals surface area contributed by atoms with Gasteiger partial charge in [-0.2, -0.15) is 0 Å². The first-order valence-corrected chi connectivity index (χ1v) is 41.4. The van der Waals surface area contributed by atoms with Crippen LogP contribution < -0.4 is 17.1 Å². The average Bonchev–Trinajstić information content (AvgIpc) is 0.752. The molecule has 7 aromatic carbocycles. The topological polar surface area (TPSA) is 187 Å². The quantitative estimate of drug-likeness (QED) is 0.0692. The van der Waals surface area contributed by atoms with Gasteiger partial charge in [0, 0.05) is 0 Å². The number of hydrogen-bond acceptors (Lipinski definition) is 9. The highest BCUT2D eigenvalue weighted by atomic mass is 16.3. The number of phenolic OH excluding ortho intramolecular Hbond substituents is 6. The van der Waals surface area contributed by atoms with Gasteiger partial charge in [-0.05, 0) is 275 Å². The van der Waals surface area contributed by atoms with Gasteiger partial charge in [0.05, 0.1) is 19.6 Å². The zero-order valence-corrected chi connectivity index (χ0v) is 77.9. The molecule has 0 atom stereocenters. The van der Waals surface area contributed by atoms with E-state index in [1.807, 2.05) is 161 Å². The summed E-state index contributed by atoms with van der Waals surface area (Å²) in [4.78, 5) is 44.0. The number of nitrogens with zero attached hydrogens (tertiary/aromatic N) is 3. The molecule has 12 heteroatoms. The van der Waals surface area contributed by atoms with Crippen molar-refractivity contribution in [2.45, 2.75) is 374 Å². The summed E-state index contributed by atoms with van der Waals surface area (Å²) >= 11 is 0. The van der Waals surface area contributed by atoms with Crippen LogP contribution in [0.5, 0.6) is 34.5 Å². The molecule has 1 heterocycles. The first kappa shape index (κ1) is 92.9. The molecule has 0 aliphatic carbocycles. The Kier molecular flexibility index (Phi) is 25.5. The number of hydrogen-bond donors (Lipinski definition) is 6. The van der Waals surface area contributed by atoms with Crippen LogP contribution in [0.2, 0.25) is 0 Å². The van der Waals surface area contributed by atoms with E-state index in [-0.39, 0.29) is 69.4 Å². The Bertz CT molecular complexity index is 4390. The van der Waals surface area contributed by atoms with Gasteiger partial charge in [0.1, 0.15) is 34.5 Å². The number of aromatic hydroxyl groups is 6. The molecule has 624 valence electrons. The van der Waals surface area contributed by atoms with Crippen LogP contribution in [0.1, 0.15) is 383 Å². The molecule has 0 aliphatic heterocycles. The van der Waals surface area contributed by atoms with Crippen LogP contribution in [-0.4, -0.2) is 44.3 Å². The summed E-state index contributed by atoms with van der Waals surface area (Å²) in [6.07, 6.45) is 2.24. The second-order valence-corrected chi connectivity index (χ2v) is 45.7. The maximum Gasteiger partial charge on any atom is 0.336 e. The van der Waals surface area contributed by atoms with E-state index in [0.29, 0.717) is 67.3 Å². The van der Waals surface area contributed by atoms with Crippen LogP contribution in [0.4, 0.5) is 0 Å². The minimum absolute atomic E-state index is 0.142. The van der Waals surface area contributed by atoms with Crippen LogP contribution in [0.25, 0.3) is 0 Å². The highest BCUT2D eigenvalue weighted by Crippen LogP contribution is 2.48. The Balaban J connectivity index is 0.000000316. The fourth-order valence-electron chi connectivity index (χ4n) is 16.0. The first-order chi connectivity index (χ1) is 51.1. The summed E-state index contributed by atoms with van der Waals surface area (Å²) in [6, 6.07) is 24.5. The summed E-state index contributed by atoms with van der Waals surface area (Å²) in [6.45, 7) is 81.8. The number of rotatable bonds is 12. The van der Waals surface area contributed by atoms with Crippen molar-refractivity contribution in [3.63, 3.8) is 0 Å². The fourth-order valence-corrected chi connectivity index (χ4v) is 16.0. The molecular formula is C102H147N3O9. The standard InChI is InChI=1S/C54H78O3.C48H69N3O6/c1-31-37(22-34-25-40(49(4,5)6)46(55)41(26-34)50(7,8)9)32(2)39(24-36-29-44(53(16,17)18)48(57)45(30-36)54(19,20)21)33(3)38(31)23-35-27-42(51(10,11)12)47(56)43(28-35)52(13,14)15;1-43(2,3)31-19-28(20-32(37(31)52)44(4,5)6)25-49-40(55)50(26-29-21-33(45(7,8)9)38(53)34(22-29)46(10,11)12)42(57)51(41(49)56)27-30-23-35(47(13,14)15)39(54)36(24-30)48(16,17)18/h25-30,55-57H,22-24H2,1-21H3;19-24,52-54H,25-27H2,1-18H3. The maximum atomic E-state index is 14.7. The summed E-state index contributed by atoms with van der Waals surface area (Å²) in [5.74, 6) is 1.77. The average molecular weight is 1560 g/mol. The predicted molar refractivity (Wildman–Crippen MR) is 479 cm³/mol. The minimum atomic E-state index is -0.761. The monoisotopic (exact) mass is 1560 g/mol. The number of benzene rings is 7. The molecule has 8 rings (SSSR count). The molecule has 0 amide bonds. The molecule has 0 unspecified atom stereocenters. The zero-order valence-electron chi connectivity index (χ0n) is 77.9. The molecule has 0 radical (unpaired) electrons. The normalized spacial score (nSPS) is 13.4. The Labute approximate surface area is 686 Å². The van der Waals surface area contributed by atoms with Gasteiger partial charge >= 0.3 is 17.1 Å². The fraction of sp³-hybridized carbons (Fsp3) is 0.559. The highest BCUT2D eigenvalue weighted by molar-refractivity contribution is 5.61. The van der Waals surface area contributed by atoms with Crippen LogP contribution in [-0.2, 0) is 104 Å². The second-order valence-electron chi connectivity index (χ2n) is 45.7. The summed E-state index contributed by atoms with van der Waals surface area (Å²) in [5.41, 5.74) is 17.1. The van der Waals surface area contributed by atoms with Crippen molar-refractivity contribution < 1.29 is 30.6 Å². The van der Waals surface area contributed by atoms with E-state index in [1.165, 1.54) is 50.1 Å². The van der Waals surface area contributed by atoms with Crippen molar-refractivity contribution in [1.29, 1.82) is 0 Å². The first-order valence-electron chi connectivity index (χ1n) is 41.4. The molecular weight excluding hydrogens is 1410 g/mol.